The zero-order chi connectivity index (χ0) is 14.6. The molecule has 0 aliphatic heterocycles. The molecule has 0 atom stereocenters. The summed E-state index contributed by atoms with van der Waals surface area (Å²) in [6.07, 6.45) is 0. The van der Waals surface area contributed by atoms with Crippen LogP contribution in [0.4, 0.5) is 5.69 Å². The van der Waals surface area contributed by atoms with Crippen molar-refractivity contribution in [3.63, 3.8) is 0 Å². The molecule has 0 saturated heterocycles. The number of sulfonamides is 1. The van der Waals surface area contributed by atoms with Crippen molar-refractivity contribution in [2.45, 2.75) is 18.0 Å². The highest BCUT2D eigenvalue weighted by molar-refractivity contribution is 7.93. The Kier molecular flexibility index (Phi) is 4.77. The lowest BCUT2D eigenvalue weighted by atomic mass is 10.2. The van der Waals surface area contributed by atoms with Crippen molar-refractivity contribution in [2.24, 2.45) is 5.73 Å². The molecule has 0 aliphatic carbocycles. The maximum absolute atomic E-state index is 12.4. The van der Waals surface area contributed by atoms with Gasteiger partial charge in [-0.15, -0.1) is 11.3 Å². The number of methoxy groups -OCH3 is 1. The predicted molar refractivity (Wildman–Crippen MR) is 80.2 cm³/mol. The van der Waals surface area contributed by atoms with Gasteiger partial charge in [0.25, 0.3) is 10.0 Å². The van der Waals surface area contributed by atoms with E-state index in [9.17, 15) is 8.42 Å². The first-order chi connectivity index (χ1) is 9.58. The number of benzene rings is 1. The summed E-state index contributed by atoms with van der Waals surface area (Å²) >= 11 is 1.33. The number of thiophene rings is 1. The van der Waals surface area contributed by atoms with Crippen LogP contribution in [-0.2, 0) is 27.9 Å². The van der Waals surface area contributed by atoms with Gasteiger partial charge in [0.1, 0.15) is 4.90 Å². The molecule has 1 heterocycles. The Morgan fingerprint density at radius 3 is 2.75 bits per heavy atom. The Balaban J connectivity index is 2.34. The molecule has 0 saturated carbocycles. The van der Waals surface area contributed by atoms with E-state index < -0.39 is 10.0 Å². The molecule has 0 fully saturated rings. The molecule has 2 rings (SSSR count). The number of hydrogen-bond donors (Lipinski definition) is 2. The molecule has 108 valence electrons. The SMILES string of the molecule is COCc1ccccc1NS(=O)(=O)c1ccsc1CN. The monoisotopic (exact) mass is 312 g/mol. The Morgan fingerprint density at radius 2 is 2.05 bits per heavy atom. The smallest absolute Gasteiger partial charge is 0.263 e. The fourth-order valence-corrected chi connectivity index (χ4v) is 4.26. The van der Waals surface area contributed by atoms with Crippen molar-refractivity contribution in [3.8, 4) is 0 Å². The van der Waals surface area contributed by atoms with Gasteiger partial charge in [-0.1, -0.05) is 18.2 Å². The molecule has 1 aromatic heterocycles. The van der Waals surface area contributed by atoms with Crippen LogP contribution in [0.2, 0.25) is 0 Å². The normalized spacial score (nSPS) is 11.5. The Morgan fingerprint density at radius 1 is 1.30 bits per heavy atom. The van der Waals surface area contributed by atoms with Crippen LogP contribution >= 0.6 is 11.3 Å². The van der Waals surface area contributed by atoms with Gasteiger partial charge in [0.2, 0.25) is 0 Å². The average molecular weight is 312 g/mol. The minimum Gasteiger partial charge on any atom is -0.380 e. The van der Waals surface area contributed by atoms with Crippen molar-refractivity contribution in [1.29, 1.82) is 0 Å². The highest BCUT2D eigenvalue weighted by atomic mass is 32.2. The zero-order valence-electron chi connectivity index (χ0n) is 11.0. The predicted octanol–water partition coefficient (Wildman–Crippen LogP) is 2.15. The highest BCUT2D eigenvalue weighted by Gasteiger charge is 2.20. The van der Waals surface area contributed by atoms with Crippen LogP contribution < -0.4 is 10.5 Å². The van der Waals surface area contributed by atoms with Crippen molar-refractivity contribution in [3.05, 3.63) is 46.2 Å². The lowest BCUT2D eigenvalue weighted by molar-refractivity contribution is 0.185. The Labute approximate surface area is 122 Å². The summed E-state index contributed by atoms with van der Waals surface area (Å²) in [4.78, 5) is 0.874. The van der Waals surface area contributed by atoms with E-state index in [2.05, 4.69) is 4.72 Å². The van der Waals surface area contributed by atoms with E-state index in [1.807, 2.05) is 12.1 Å². The summed E-state index contributed by atoms with van der Waals surface area (Å²) in [6.45, 7) is 0.541. The third kappa shape index (κ3) is 3.18. The van der Waals surface area contributed by atoms with Crippen LogP contribution in [0.25, 0.3) is 0 Å². The lowest BCUT2D eigenvalue weighted by Crippen LogP contribution is -2.16. The molecule has 0 amide bonds. The molecule has 3 N–H and O–H groups in total. The maximum Gasteiger partial charge on any atom is 0.263 e. The lowest BCUT2D eigenvalue weighted by Gasteiger charge is -2.12. The van der Waals surface area contributed by atoms with Gasteiger partial charge in [0.05, 0.1) is 12.3 Å². The van der Waals surface area contributed by atoms with Crippen molar-refractivity contribution in [2.75, 3.05) is 11.8 Å². The van der Waals surface area contributed by atoms with Crippen molar-refractivity contribution >= 4 is 27.0 Å². The van der Waals surface area contributed by atoms with Gasteiger partial charge in [-0.25, -0.2) is 8.42 Å². The van der Waals surface area contributed by atoms with Crippen LogP contribution in [0.1, 0.15) is 10.4 Å². The van der Waals surface area contributed by atoms with E-state index in [1.54, 1.807) is 30.7 Å². The molecule has 0 spiro atoms. The maximum atomic E-state index is 12.4. The summed E-state index contributed by atoms with van der Waals surface area (Å²) in [7, 11) is -2.06. The van der Waals surface area contributed by atoms with Crippen LogP contribution in [-0.4, -0.2) is 15.5 Å². The van der Waals surface area contributed by atoms with E-state index in [0.717, 1.165) is 5.56 Å². The number of hydrogen-bond acceptors (Lipinski definition) is 5. The van der Waals surface area contributed by atoms with Gasteiger partial charge in [0, 0.05) is 24.1 Å². The van der Waals surface area contributed by atoms with E-state index in [1.165, 1.54) is 11.3 Å². The summed E-state index contributed by atoms with van der Waals surface area (Å²) in [6, 6.07) is 8.70. The fourth-order valence-electron chi connectivity index (χ4n) is 1.82. The third-order valence-corrected chi connectivity index (χ3v) is 5.26. The van der Waals surface area contributed by atoms with E-state index in [0.29, 0.717) is 17.2 Å². The quantitative estimate of drug-likeness (QED) is 0.856. The number of anilines is 1. The average Bonchev–Trinajstić information content (AvgIpc) is 2.90. The molecule has 2 aromatic rings. The first kappa shape index (κ1) is 15.0. The van der Waals surface area contributed by atoms with E-state index >= 15 is 0 Å². The van der Waals surface area contributed by atoms with E-state index in [4.69, 9.17) is 10.5 Å². The van der Waals surface area contributed by atoms with Crippen molar-refractivity contribution < 1.29 is 13.2 Å². The second kappa shape index (κ2) is 6.36. The van der Waals surface area contributed by atoms with E-state index in [-0.39, 0.29) is 11.4 Å². The minimum atomic E-state index is -3.63. The number of rotatable bonds is 6. The summed E-state index contributed by atoms with van der Waals surface area (Å²) in [5.74, 6) is 0. The van der Waals surface area contributed by atoms with Gasteiger partial charge in [-0.3, -0.25) is 4.72 Å². The van der Waals surface area contributed by atoms with Gasteiger partial charge in [-0.05, 0) is 17.5 Å². The zero-order valence-corrected chi connectivity index (χ0v) is 12.6. The van der Waals surface area contributed by atoms with Gasteiger partial charge in [-0.2, -0.15) is 0 Å². The molecule has 0 unspecified atom stereocenters. The van der Waals surface area contributed by atoms with Gasteiger partial charge >= 0.3 is 0 Å². The van der Waals surface area contributed by atoms with Gasteiger partial charge < -0.3 is 10.5 Å². The molecule has 0 radical (unpaired) electrons. The molecular formula is C13H16N2O3S2. The summed E-state index contributed by atoms with van der Waals surface area (Å²) in [5.41, 5.74) is 6.86. The summed E-state index contributed by atoms with van der Waals surface area (Å²) in [5, 5.41) is 1.72. The van der Waals surface area contributed by atoms with Crippen LogP contribution in [0.15, 0.2) is 40.6 Å². The number of nitrogens with one attached hydrogen (secondary N) is 1. The molecule has 1 aromatic carbocycles. The Hall–Kier alpha value is -1.41. The third-order valence-electron chi connectivity index (χ3n) is 2.74. The number of ether oxygens (including phenoxy) is 1. The molecule has 0 bridgehead atoms. The molecule has 7 heteroatoms. The second-order valence-electron chi connectivity index (χ2n) is 4.11. The minimum absolute atomic E-state index is 0.202. The number of nitrogens with two attached hydrogens (primary N) is 1. The first-order valence-corrected chi connectivity index (χ1v) is 8.31. The molecule has 5 nitrogen and oxygen atoms in total. The molecular weight excluding hydrogens is 296 g/mol. The standard InChI is InChI=1S/C13H16N2O3S2/c1-18-9-10-4-2-3-5-11(10)15-20(16,17)13-6-7-19-12(13)8-14/h2-7,15H,8-9,14H2,1H3. The highest BCUT2D eigenvalue weighted by Crippen LogP contribution is 2.25. The number of para-hydroxylation sites is 1. The van der Waals surface area contributed by atoms with Crippen LogP contribution in [0.5, 0.6) is 0 Å². The fraction of sp³-hybridized carbons (Fsp3) is 0.231. The largest absolute Gasteiger partial charge is 0.380 e. The molecule has 0 aliphatic rings. The summed E-state index contributed by atoms with van der Waals surface area (Å²) < 4.78 is 32.5. The molecule has 20 heavy (non-hydrogen) atoms. The van der Waals surface area contributed by atoms with Crippen LogP contribution in [0.3, 0.4) is 0 Å². The van der Waals surface area contributed by atoms with Gasteiger partial charge in [0.15, 0.2) is 0 Å². The topological polar surface area (TPSA) is 81.4 Å². The first-order valence-electron chi connectivity index (χ1n) is 5.94. The van der Waals surface area contributed by atoms with Crippen LogP contribution in [0, 0.1) is 0 Å². The second-order valence-corrected chi connectivity index (χ2v) is 6.76. The van der Waals surface area contributed by atoms with Crippen molar-refractivity contribution in [1.82, 2.24) is 0 Å². The Bertz CT molecular complexity index is 680.